The zero-order valence-electron chi connectivity index (χ0n) is 4.25. The first-order chi connectivity index (χ1) is 4.39. The van der Waals surface area contributed by atoms with Crippen LogP contribution in [0.15, 0.2) is 0 Å². The normalized spacial score (nSPS) is 11.3. The molecule has 0 aromatic rings. The van der Waals surface area contributed by atoms with E-state index in [1.807, 2.05) is 0 Å². The molecule has 0 saturated heterocycles. The van der Waals surface area contributed by atoms with Crippen LogP contribution in [0.5, 0.6) is 0 Å². The Morgan fingerprint density at radius 2 is 1.80 bits per heavy atom. The highest BCUT2D eigenvalue weighted by molar-refractivity contribution is 5.80. The molecule has 0 atom stereocenters. The molecule has 0 aliphatic rings. The third kappa shape index (κ3) is 2.13. The third-order valence-electron chi connectivity index (χ3n) is 0.495. The predicted molar refractivity (Wildman–Crippen MR) is 18.3 cm³/mol. The predicted octanol–water partition coefficient (Wildman–Crippen LogP) is 0.651. The second-order valence-electron chi connectivity index (χ2n) is 1.17. The fourth-order valence-electron chi connectivity index (χ4n) is 0.150. The summed E-state index contributed by atoms with van der Waals surface area (Å²) in [4.78, 5) is 9.52. The zero-order valence-corrected chi connectivity index (χ0v) is 4.25. The summed E-state index contributed by atoms with van der Waals surface area (Å²) in [5.74, 6) is -2.95. The minimum absolute atomic E-state index is 0.132. The van der Waals surface area contributed by atoms with Gasteiger partial charge in [0.15, 0.2) is 0 Å². The van der Waals surface area contributed by atoms with Crippen molar-refractivity contribution in [3.8, 4) is 0 Å². The van der Waals surface area contributed by atoms with Crippen LogP contribution in [0.25, 0.3) is 0 Å². The number of carbonyl (C=O) groups is 1. The van der Waals surface area contributed by atoms with Crippen molar-refractivity contribution >= 4 is 5.91 Å². The number of nitrogens with zero attached hydrogens (tertiary/aromatic N) is 1. The summed E-state index contributed by atoms with van der Waals surface area (Å²) in [5, 5.41) is -1.81. The number of hydrogen-bond donors (Lipinski definition) is 1. The van der Waals surface area contributed by atoms with Crippen LogP contribution < -0.4 is 5.65 Å². The molecule has 8 heteroatoms. The number of nitrogens with one attached hydrogen (secondary N) is 1. The Bertz CT molecular complexity index is 132. The van der Waals surface area contributed by atoms with E-state index in [1.54, 1.807) is 0 Å². The highest BCUT2D eigenvalue weighted by Crippen LogP contribution is 2.17. The van der Waals surface area contributed by atoms with Gasteiger partial charge in [-0.25, -0.2) is 0 Å². The molecule has 0 spiro atoms. The maximum absolute atomic E-state index is 11.3. The summed E-state index contributed by atoms with van der Waals surface area (Å²) in [7, 11) is 0. The highest BCUT2D eigenvalue weighted by atomic mass is 19.4. The molecular weight excluding hydrogens is 163 g/mol. The number of alkyl halides is 3. The van der Waals surface area contributed by atoms with Crippen LogP contribution in [0.1, 0.15) is 0 Å². The van der Waals surface area contributed by atoms with Crippen molar-refractivity contribution < 1.29 is 26.9 Å². The summed E-state index contributed by atoms with van der Waals surface area (Å²) in [5.41, 5.74) is -0.132. The maximum Gasteiger partial charge on any atom is 0.475 e. The van der Waals surface area contributed by atoms with Crippen LogP contribution in [0, 0.1) is 0 Å². The molecular formula is C2HF5N2O. The summed E-state index contributed by atoms with van der Waals surface area (Å²) < 4.78 is 55.2. The molecule has 0 saturated carbocycles. The Morgan fingerprint density at radius 1 is 1.40 bits per heavy atom. The van der Waals surface area contributed by atoms with Crippen molar-refractivity contribution in [3.05, 3.63) is 0 Å². The topological polar surface area (TPSA) is 32.3 Å². The molecule has 3 nitrogen and oxygen atoms in total. The quantitative estimate of drug-likeness (QED) is 0.350. The summed E-state index contributed by atoms with van der Waals surface area (Å²) >= 11 is 0. The van der Waals surface area contributed by atoms with Crippen molar-refractivity contribution in [1.82, 2.24) is 10.9 Å². The largest absolute Gasteiger partial charge is 0.475 e. The van der Waals surface area contributed by atoms with Crippen LogP contribution >= 0.6 is 0 Å². The SMILES string of the molecule is O=C(N(F)NF)C(F)(F)F. The van der Waals surface area contributed by atoms with Gasteiger partial charge in [0, 0.05) is 0 Å². The van der Waals surface area contributed by atoms with E-state index in [4.69, 9.17) is 0 Å². The number of carbonyl (C=O) groups excluding carboxylic acids is 1. The lowest BCUT2D eigenvalue weighted by Gasteiger charge is -2.08. The van der Waals surface area contributed by atoms with Crippen LogP contribution in [-0.2, 0) is 4.79 Å². The van der Waals surface area contributed by atoms with E-state index in [1.165, 1.54) is 0 Å². The molecule has 1 N–H and O–H groups in total. The van der Waals surface area contributed by atoms with E-state index >= 15 is 0 Å². The lowest BCUT2D eigenvalue weighted by Crippen LogP contribution is -2.40. The molecule has 10 heavy (non-hydrogen) atoms. The molecule has 0 aromatic carbocycles. The van der Waals surface area contributed by atoms with Crippen LogP contribution in [0.3, 0.4) is 0 Å². The first-order valence-electron chi connectivity index (χ1n) is 1.83. The number of rotatable bonds is 1. The molecule has 0 heterocycles. The van der Waals surface area contributed by atoms with E-state index in [0.29, 0.717) is 0 Å². The Balaban J connectivity index is 4.09. The van der Waals surface area contributed by atoms with Crippen molar-refractivity contribution in [2.24, 2.45) is 0 Å². The van der Waals surface area contributed by atoms with Gasteiger partial charge in [0.2, 0.25) is 0 Å². The molecule has 0 unspecified atom stereocenters. The van der Waals surface area contributed by atoms with E-state index in [-0.39, 0.29) is 5.65 Å². The Hall–Kier alpha value is -0.920. The fourth-order valence-corrected chi connectivity index (χ4v) is 0.150. The van der Waals surface area contributed by atoms with Gasteiger partial charge < -0.3 is 0 Å². The molecule has 0 bridgehead atoms. The van der Waals surface area contributed by atoms with Crippen LogP contribution in [0.2, 0.25) is 0 Å². The summed E-state index contributed by atoms with van der Waals surface area (Å²) in [6, 6.07) is 0. The van der Waals surface area contributed by atoms with Gasteiger partial charge in [-0.15, -0.1) is 4.48 Å². The van der Waals surface area contributed by atoms with Gasteiger partial charge in [-0.2, -0.15) is 13.2 Å². The summed E-state index contributed by atoms with van der Waals surface area (Å²) in [6.07, 6.45) is -5.41. The second-order valence-corrected chi connectivity index (χ2v) is 1.17. The molecule has 0 aliphatic heterocycles. The molecule has 0 fully saturated rings. The van der Waals surface area contributed by atoms with E-state index < -0.39 is 17.3 Å². The van der Waals surface area contributed by atoms with Gasteiger partial charge in [0.1, 0.15) is 0 Å². The Labute approximate surface area is 51.2 Å². The molecule has 0 radical (unpaired) electrons. The van der Waals surface area contributed by atoms with Crippen molar-refractivity contribution in [1.29, 1.82) is 0 Å². The van der Waals surface area contributed by atoms with E-state index in [9.17, 15) is 26.9 Å². The van der Waals surface area contributed by atoms with E-state index in [2.05, 4.69) is 0 Å². The Morgan fingerprint density at radius 3 is 1.90 bits per heavy atom. The molecule has 0 aromatic heterocycles. The van der Waals surface area contributed by atoms with Gasteiger partial charge in [-0.1, -0.05) is 9.71 Å². The number of hydrogen-bond acceptors (Lipinski definition) is 2. The summed E-state index contributed by atoms with van der Waals surface area (Å²) in [6.45, 7) is 0. The average Bonchev–Trinajstić information content (AvgIpc) is 1.83. The van der Waals surface area contributed by atoms with Gasteiger partial charge in [0.25, 0.3) is 0 Å². The molecule has 60 valence electrons. The lowest BCUT2D eigenvalue weighted by atomic mass is 10.6. The Kier molecular flexibility index (Phi) is 2.52. The van der Waals surface area contributed by atoms with Crippen molar-refractivity contribution in [2.75, 3.05) is 0 Å². The van der Waals surface area contributed by atoms with Crippen molar-refractivity contribution in [3.63, 3.8) is 0 Å². The second kappa shape index (κ2) is 2.78. The van der Waals surface area contributed by atoms with Crippen molar-refractivity contribution in [2.45, 2.75) is 6.18 Å². The fraction of sp³-hybridized carbons (Fsp3) is 0.500. The number of hydrazine groups is 1. The monoisotopic (exact) mass is 164 g/mol. The average molecular weight is 164 g/mol. The maximum atomic E-state index is 11.3. The van der Waals surface area contributed by atoms with Gasteiger partial charge in [-0.05, 0) is 5.65 Å². The molecule has 0 aliphatic carbocycles. The van der Waals surface area contributed by atoms with Gasteiger partial charge in [0.05, 0.1) is 0 Å². The van der Waals surface area contributed by atoms with Gasteiger partial charge >= 0.3 is 12.1 Å². The molecule has 0 rings (SSSR count). The van der Waals surface area contributed by atoms with Crippen LogP contribution in [-0.4, -0.2) is 17.3 Å². The first-order valence-corrected chi connectivity index (χ1v) is 1.83. The lowest BCUT2D eigenvalue weighted by molar-refractivity contribution is -0.216. The first kappa shape index (κ1) is 9.08. The standard InChI is InChI=1S/C2HF5N2O/c3-2(4,5)1(10)9(7)8-6/h8H. The highest BCUT2D eigenvalue weighted by Gasteiger charge is 2.43. The number of amides is 1. The van der Waals surface area contributed by atoms with E-state index in [0.717, 1.165) is 0 Å². The van der Waals surface area contributed by atoms with Gasteiger partial charge in [-0.3, -0.25) is 4.79 Å². The minimum atomic E-state index is -5.41. The number of halogens is 5. The zero-order chi connectivity index (χ0) is 8.36. The molecule has 1 amide bonds. The van der Waals surface area contributed by atoms with Crippen LogP contribution in [0.4, 0.5) is 22.1 Å². The smallest absolute Gasteiger partial charge is 0.260 e. The minimum Gasteiger partial charge on any atom is -0.260 e. The third-order valence-corrected chi connectivity index (χ3v) is 0.495.